The Kier molecular flexibility index (Phi) is 105. The number of methoxy groups -OCH3 is 5. The predicted octanol–water partition coefficient (Wildman–Crippen LogP) is 20.7. The number of hydrogen-bond donors (Lipinski definition) is 4. The fourth-order valence-electron chi connectivity index (χ4n) is 8.48. The van der Waals surface area contributed by atoms with Crippen LogP contribution in [0, 0.1) is 0 Å². The molecule has 0 aliphatic carbocycles. The molecule has 550 valence electrons. The first kappa shape index (κ1) is 102. The summed E-state index contributed by atoms with van der Waals surface area (Å²) in [4.78, 5) is 82.9. The Balaban J connectivity index is -0.000000189. The first-order chi connectivity index (χ1) is 44.9. The van der Waals surface area contributed by atoms with Crippen LogP contribution < -0.4 is 0 Å². The predicted molar refractivity (Wildman–Crippen MR) is 385 cm³/mol. The Morgan fingerprint density at radius 2 is 0.527 bits per heavy atom. The molecule has 0 aliphatic rings. The highest BCUT2D eigenvalue weighted by Gasteiger charge is 2.03. The Labute approximate surface area is 576 Å². The van der Waals surface area contributed by atoms with Gasteiger partial charge in [-0.2, -0.15) is 0 Å². The van der Waals surface area contributed by atoms with E-state index in [1.807, 2.05) is 12.2 Å². The standard InChI is InChI=1S/C18H34O2.C14H26O2.C13H24O2.C9H17BrO2.C9H16O4.C9H18O3.C3H6O2/c1-2-3-4-5-6-7-8-9-10-11-12-13-14-15-16-17-18(19)20;1-3-4-5-6-7-8-9-10-11-12-13-14(15)16-2;1-2-3-4-5-6-7-8-9-10-11-12-13(14)15;1-12-9(11)7-5-3-2-4-6-8-10;1-13-9(12)7-5-3-2-4-6-8(10)11;1-12-9(11)7-5-3-2-4-6-8-10;1-3(4)5-2/h10-11H,2-9,12-17H2,1H3,(H,19,20);11-12H,3-10,13H2,1-2H3;10-11H,2-9,12H2,1H3,(H,14,15);2-8H2,1H3;2-7H2,1H3,(H,10,11);10H,2-8H2,1H3;1-2H3/b11-10-;12-11-;11-10-;;;;. The molecule has 0 atom stereocenters. The number of unbranched alkanes of at least 4 members (excludes halogenated alkanes) is 36. The van der Waals surface area contributed by atoms with Gasteiger partial charge < -0.3 is 44.1 Å². The second-order valence-electron chi connectivity index (χ2n) is 23.0. The largest absolute Gasteiger partial charge is 0.481 e. The Bertz CT molecular complexity index is 1660. The molecule has 0 fully saturated rings. The molecule has 0 unspecified atom stereocenters. The van der Waals surface area contributed by atoms with Crippen LogP contribution in [0.1, 0.15) is 349 Å². The third kappa shape index (κ3) is 125. The van der Waals surface area contributed by atoms with Gasteiger partial charge in [-0.25, -0.2) is 0 Å². The van der Waals surface area contributed by atoms with Crippen molar-refractivity contribution in [2.45, 2.75) is 349 Å². The molecule has 93 heavy (non-hydrogen) atoms. The lowest BCUT2D eigenvalue weighted by Crippen LogP contribution is -1.99. The van der Waals surface area contributed by atoms with Gasteiger partial charge in [-0.05, 0) is 96.3 Å². The number of carboxylic acid groups (broad SMARTS) is 3. The van der Waals surface area contributed by atoms with E-state index in [-0.39, 0.29) is 49.3 Å². The number of rotatable bonds is 56. The zero-order valence-corrected chi connectivity index (χ0v) is 62.3. The summed E-state index contributed by atoms with van der Waals surface area (Å²) < 4.78 is 22.1. The summed E-state index contributed by atoms with van der Waals surface area (Å²) in [6, 6.07) is 0. The number of carbonyl (C=O) groups is 8. The van der Waals surface area contributed by atoms with Crippen LogP contribution in [-0.4, -0.2) is 116 Å². The molecular weight excluding hydrogens is 1250 g/mol. The first-order valence-corrected chi connectivity index (χ1v) is 37.1. The minimum absolute atomic E-state index is 0.0875. The molecule has 0 radical (unpaired) electrons. The van der Waals surface area contributed by atoms with Crippen molar-refractivity contribution in [3.8, 4) is 0 Å². The second kappa shape index (κ2) is 96.1. The molecule has 0 aromatic carbocycles. The molecule has 0 amide bonds. The van der Waals surface area contributed by atoms with Gasteiger partial charge in [0.1, 0.15) is 0 Å². The van der Waals surface area contributed by atoms with Crippen molar-refractivity contribution in [3.63, 3.8) is 0 Å². The van der Waals surface area contributed by atoms with Gasteiger partial charge in [0.2, 0.25) is 0 Å². The molecule has 4 N–H and O–H groups in total. The third-order valence-electron chi connectivity index (χ3n) is 14.3. The molecule has 0 saturated carbocycles. The number of hydrogen-bond acceptors (Lipinski definition) is 14. The van der Waals surface area contributed by atoms with Crippen molar-refractivity contribution in [2.75, 3.05) is 47.5 Å². The van der Waals surface area contributed by atoms with E-state index in [1.54, 1.807) is 6.08 Å². The summed E-state index contributed by atoms with van der Waals surface area (Å²) in [7, 11) is 6.99. The topological polar surface area (TPSA) is 264 Å². The summed E-state index contributed by atoms with van der Waals surface area (Å²) in [5.74, 6) is -2.98. The third-order valence-corrected chi connectivity index (χ3v) is 14.8. The average molecular weight is 1390 g/mol. The number of aliphatic hydroxyl groups is 1. The number of aliphatic carboxylic acids is 3. The highest BCUT2D eigenvalue weighted by atomic mass is 79.9. The van der Waals surface area contributed by atoms with Gasteiger partial charge in [0.25, 0.3) is 0 Å². The maximum atomic E-state index is 10.8. The number of carbonyl (C=O) groups excluding carboxylic acids is 5. The number of esters is 5. The van der Waals surface area contributed by atoms with Crippen LogP contribution >= 0.6 is 15.9 Å². The molecule has 0 bridgehead atoms. The van der Waals surface area contributed by atoms with E-state index in [0.29, 0.717) is 38.5 Å². The Morgan fingerprint density at radius 1 is 0.290 bits per heavy atom. The summed E-state index contributed by atoms with van der Waals surface area (Å²) in [6.45, 7) is 8.37. The van der Waals surface area contributed by atoms with Gasteiger partial charge in [-0.3, -0.25) is 38.4 Å². The summed E-state index contributed by atoms with van der Waals surface area (Å²) in [5, 5.41) is 34.8. The van der Waals surface area contributed by atoms with E-state index in [1.165, 1.54) is 209 Å². The minimum Gasteiger partial charge on any atom is -0.481 e. The van der Waals surface area contributed by atoms with Crippen molar-refractivity contribution in [2.24, 2.45) is 0 Å². The Morgan fingerprint density at radius 3 is 0.774 bits per heavy atom. The first-order valence-electron chi connectivity index (χ1n) is 36.0. The van der Waals surface area contributed by atoms with Gasteiger partial charge in [0.15, 0.2) is 0 Å². The van der Waals surface area contributed by atoms with E-state index in [9.17, 15) is 38.4 Å². The molecule has 0 spiro atoms. The van der Waals surface area contributed by atoms with Crippen molar-refractivity contribution in [3.05, 3.63) is 36.5 Å². The van der Waals surface area contributed by atoms with Crippen LogP contribution in [0.4, 0.5) is 0 Å². The Hall–Kier alpha value is -4.58. The molecule has 17 nitrogen and oxygen atoms in total. The van der Waals surface area contributed by atoms with E-state index in [4.69, 9.17) is 20.4 Å². The molecule has 0 heterocycles. The number of alkyl halides is 1. The smallest absolute Gasteiger partial charge is 0.309 e. The quantitative estimate of drug-likeness (QED) is 0.0145. The second-order valence-corrected chi connectivity index (χ2v) is 23.8. The summed E-state index contributed by atoms with van der Waals surface area (Å²) in [5.41, 5.74) is 0. The van der Waals surface area contributed by atoms with Crippen molar-refractivity contribution < 1.29 is 82.5 Å². The highest BCUT2D eigenvalue weighted by Crippen LogP contribution is 2.13. The summed E-state index contributed by atoms with van der Waals surface area (Å²) in [6.07, 6.45) is 66.0. The van der Waals surface area contributed by atoms with Crippen LogP contribution in [0.15, 0.2) is 36.5 Å². The van der Waals surface area contributed by atoms with Crippen LogP contribution in [0.25, 0.3) is 0 Å². The van der Waals surface area contributed by atoms with Crippen molar-refractivity contribution in [1.82, 2.24) is 0 Å². The van der Waals surface area contributed by atoms with Crippen LogP contribution in [-0.2, 0) is 62.0 Å². The average Bonchev–Trinajstić information content (AvgIpc) is 3.55. The molecule has 0 aromatic heterocycles. The zero-order chi connectivity index (χ0) is 71.2. The van der Waals surface area contributed by atoms with Crippen molar-refractivity contribution in [1.29, 1.82) is 0 Å². The molecule has 0 rings (SSSR count). The molecule has 0 aromatic rings. The number of aliphatic hydroxyl groups excluding tert-OH is 1. The van der Waals surface area contributed by atoms with Crippen molar-refractivity contribution >= 4 is 63.7 Å². The highest BCUT2D eigenvalue weighted by molar-refractivity contribution is 9.09. The number of carboxylic acids is 3. The van der Waals surface area contributed by atoms with Gasteiger partial charge >= 0.3 is 47.8 Å². The molecular formula is C75H141BrO17. The number of halogens is 1. The lowest BCUT2D eigenvalue weighted by molar-refractivity contribution is -0.141. The maximum Gasteiger partial charge on any atom is 0.309 e. The van der Waals surface area contributed by atoms with Crippen LogP contribution in [0.2, 0.25) is 0 Å². The van der Waals surface area contributed by atoms with Crippen LogP contribution in [0.3, 0.4) is 0 Å². The fourth-order valence-corrected chi connectivity index (χ4v) is 8.88. The molecule has 0 saturated heterocycles. The normalized spacial score (nSPS) is 10.3. The number of allylic oxidation sites excluding steroid dienone is 4. The minimum atomic E-state index is -0.757. The molecule has 18 heteroatoms. The summed E-state index contributed by atoms with van der Waals surface area (Å²) >= 11 is 3.38. The van der Waals surface area contributed by atoms with Gasteiger partial charge in [0, 0.05) is 51.0 Å². The van der Waals surface area contributed by atoms with E-state index in [0.717, 1.165) is 108 Å². The van der Waals surface area contributed by atoms with Crippen LogP contribution in [0.5, 0.6) is 0 Å². The zero-order valence-electron chi connectivity index (χ0n) is 60.7. The molecule has 0 aliphatic heterocycles. The van der Waals surface area contributed by atoms with Gasteiger partial charge in [-0.15, -0.1) is 0 Å². The maximum absolute atomic E-state index is 10.8. The van der Waals surface area contributed by atoms with Gasteiger partial charge in [-0.1, -0.05) is 253 Å². The lowest BCUT2D eigenvalue weighted by atomic mass is 10.1. The van der Waals surface area contributed by atoms with E-state index in [2.05, 4.69) is 78.6 Å². The fraction of sp³-hybridized carbons (Fsp3) is 0.813. The monoisotopic (exact) mass is 1390 g/mol. The van der Waals surface area contributed by atoms with Gasteiger partial charge in [0.05, 0.1) is 48.4 Å². The van der Waals surface area contributed by atoms with E-state index >= 15 is 0 Å². The lowest BCUT2D eigenvalue weighted by Gasteiger charge is -1.99. The number of ether oxygens (including phenoxy) is 5. The SMILES string of the molecule is CCCCCCCCC/C=C\CC(=O)O.CCCCCCCCC/C=C\CC(=O)OC.CCCCCCCCC/C=C\CCCCCCC(=O)O.COC(=O)CCCCCCC(=O)O.COC(=O)CCCCCCCBr.COC(=O)CCCCCCCO.COC(C)=O. The van der Waals surface area contributed by atoms with E-state index < -0.39 is 17.9 Å².